The highest BCUT2D eigenvalue weighted by Gasteiger charge is 2.20. The van der Waals surface area contributed by atoms with Crippen molar-refractivity contribution >= 4 is 11.8 Å². The van der Waals surface area contributed by atoms with E-state index in [0.717, 1.165) is 50.2 Å². The third-order valence-electron chi connectivity index (χ3n) is 3.46. The molecule has 0 saturated carbocycles. The molecule has 6 heteroatoms. The Morgan fingerprint density at radius 3 is 2.45 bits per heavy atom. The number of aliphatic hydroxyl groups excluding tert-OH is 1. The van der Waals surface area contributed by atoms with Crippen molar-refractivity contribution in [3.05, 3.63) is 11.8 Å². The molecule has 0 amide bonds. The number of aromatic nitrogens is 2. The molecule has 1 aliphatic heterocycles. The first-order chi connectivity index (χ1) is 9.45. The van der Waals surface area contributed by atoms with Crippen molar-refractivity contribution in [2.24, 2.45) is 0 Å². The van der Waals surface area contributed by atoms with Crippen LogP contribution >= 0.6 is 0 Å². The molecule has 0 radical (unpaired) electrons. The molecule has 1 aromatic heterocycles. The molecule has 0 aliphatic carbocycles. The van der Waals surface area contributed by atoms with Crippen LogP contribution in [0.3, 0.4) is 0 Å². The van der Waals surface area contributed by atoms with Crippen LogP contribution in [0.4, 0.5) is 11.8 Å². The summed E-state index contributed by atoms with van der Waals surface area (Å²) >= 11 is 0. The number of β-amino-alcohol motifs (C(OH)–C–C–N with tert-alkyl or cyclic N) is 1. The third kappa shape index (κ3) is 3.80. The summed E-state index contributed by atoms with van der Waals surface area (Å²) in [6, 6.07) is 1.99. The standard InChI is InChI=1S/C14H25N5O/c1-11-9-13(17(3)4)16-14(15-11)19-7-5-18(6-8-19)10-12(2)20/h9,12,20H,5-8,10H2,1-4H3. The summed E-state index contributed by atoms with van der Waals surface area (Å²) in [6.45, 7) is 8.28. The molecule has 1 saturated heterocycles. The van der Waals surface area contributed by atoms with E-state index in [0.29, 0.717) is 0 Å². The van der Waals surface area contributed by atoms with Gasteiger partial charge in [-0.25, -0.2) is 4.98 Å². The zero-order chi connectivity index (χ0) is 14.7. The van der Waals surface area contributed by atoms with E-state index in [4.69, 9.17) is 0 Å². The minimum atomic E-state index is -0.267. The molecule has 2 heterocycles. The molecule has 1 unspecified atom stereocenters. The SMILES string of the molecule is Cc1cc(N(C)C)nc(N2CCN(CC(C)O)CC2)n1. The number of piperazine rings is 1. The Kier molecular flexibility index (Phi) is 4.77. The third-order valence-corrected chi connectivity index (χ3v) is 3.46. The van der Waals surface area contributed by atoms with E-state index in [-0.39, 0.29) is 6.10 Å². The van der Waals surface area contributed by atoms with Crippen LogP contribution in [0.15, 0.2) is 6.07 Å². The average Bonchev–Trinajstić information content (AvgIpc) is 2.38. The Morgan fingerprint density at radius 2 is 1.90 bits per heavy atom. The van der Waals surface area contributed by atoms with Crippen molar-refractivity contribution in [1.29, 1.82) is 0 Å². The van der Waals surface area contributed by atoms with E-state index >= 15 is 0 Å². The summed E-state index contributed by atoms with van der Waals surface area (Å²) in [7, 11) is 3.98. The number of aliphatic hydroxyl groups is 1. The number of hydrogen-bond acceptors (Lipinski definition) is 6. The number of rotatable bonds is 4. The molecule has 1 aliphatic rings. The van der Waals surface area contributed by atoms with Gasteiger partial charge < -0.3 is 14.9 Å². The Morgan fingerprint density at radius 1 is 1.25 bits per heavy atom. The van der Waals surface area contributed by atoms with Gasteiger partial charge in [-0.05, 0) is 13.8 Å². The molecule has 2 rings (SSSR count). The van der Waals surface area contributed by atoms with Gasteiger partial charge in [-0.1, -0.05) is 0 Å². The van der Waals surface area contributed by atoms with Crippen LogP contribution in [0.2, 0.25) is 0 Å². The molecular weight excluding hydrogens is 254 g/mol. The van der Waals surface area contributed by atoms with Crippen molar-refractivity contribution in [2.75, 3.05) is 56.6 Å². The smallest absolute Gasteiger partial charge is 0.227 e. The highest BCUT2D eigenvalue weighted by atomic mass is 16.3. The maximum Gasteiger partial charge on any atom is 0.227 e. The lowest BCUT2D eigenvalue weighted by Crippen LogP contribution is -2.48. The second-order valence-electron chi connectivity index (χ2n) is 5.70. The fourth-order valence-electron chi connectivity index (χ4n) is 2.41. The van der Waals surface area contributed by atoms with Gasteiger partial charge in [0.15, 0.2) is 0 Å². The predicted molar refractivity (Wildman–Crippen MR) is 81.4 cm³/mol. The van der Waals surface area contributed by atoms with Gasteiger partial charge in [0.2, 0.25) is 5.95 Å². The first-order valence-electron chi connectivity index (χ1n) is 7.14. The Hall–Kier alpha value is -1.40. The second kappa shape index (κ2) is 6.37. The van der Waals surface area contributed by atoms with Crippen LogP contribution in [0.1, 0.15) is 12.6 Å². The van der Waals surface area contributed by atoms with Crippen molar-refractivity contribution in [2.45, 2.75) is 20.0 Å². The van der Waals surface area contributed by atoms with E-state index in [1.807, 2.05) is 38.9 Å². The molecule has 1 aromatic rings. The van der Waals surface area contributed by atoms with Crippen LogP contribution in [0.5, 0.6) is 0 Å². The van der Waals surface area contributed by atoms with Gasteiger partial charge in [-0.15, -0.1) is 0 Å². The topological polar surface area (TPSA) is 55.7 Å². The van der Waals surface area contributed by atoms with Crippen LogP contribution in [-0.2, 0) is 0 Å². The molecular formula is C14H25N5O. The average molecular weight is 279 g/mol. The summed E-state index contributed by atoms with van der Waals surface area (Å²) in [4.78, 5) is 15.7. The summed E-state index contributed by atoms with van der Waals surface area (Å²) in [5, 5.41) is 9.44. The van der Waals surface area contributed by atoms with E-state index < -0.39 is 0 Å². The van der Waals surface area contributed by atoms with Gasteiger partial charge in [0.05, 0.1) is 6.10 Å². The van der Waals surface area contributed by atoms with Crippen LogP contribution in [0, 0.1) is 6.92 Å². The second-order valence-corrected chi connectivity index (χ2v) is 5.70. The minimum Gasteiger partial charge on any atom is -0.392 e. The fourth-order valence-corrected chi connectivity index (χ4v) is 2.41. The highest BCUT2D eigenvalue weighted by molar-refractivity contribution is 5.45. The van der Waals surface area contributed by atoms with Crippen LogP contribution in [-0.4, -0.2) is 72.9 Å². The molecule has 20 heavy (non-hydrogen) atoms. The minimum absolute atomic E-state index is 0.267. The molecule has 0 spiro atoms. The molecule has 1 fully saturated rings. The van der Waals surface area contributed by atoms with E-state index in [9.17, 15) is 5.11 Å². The van der Waals surface area contributed by atoms with Crippen molar-refractivity contribution in [3.8, 4) is 0 Å². The molecule has 112 valence electrons. The molecule has 6 nitrogen and oxygen atoms in total. The van der Waals surface area contributed by atoms with E-state index in [1.165, 1.54) is 0 Å². The summed E-state index contributed by atoms with van der Waals surface area (Å²) in [5.74, 6) is 1.75. The lowest BCUT2D eigenvalue weighted by atomic mass is 10.3. The Bertz CT molecular complexity index is 441. The number of hydrogen-bond donors (Lipinski definition) is 1. The molecule has 1 atom stereocenters. The number of nitrogens with zero attached hydrogens (tertiary/aromatic N) is 5. The summed E-state index contributed by atoms with van der Waals surface area (Å²) in [5.41, 5.74) is 0.991. The summed E-state index contributed by atoms with van der Waals surface area (Å²) < 4.78 is 0. The van der Waals surface area contributed by atoms with Gasteiger partial charge >= 0.3 is 0 Å². The largest absolute Gasteiger partial charge is 0.392 e. The van der Waals surface area contributed by atoms with E-state index in [1.54, 1.807) is 0 Å². The molecule has 0 aromatic carbocycles. The predicted octanol–water partition coefficient (Wildman–Crippen LogP) is 0.354. The van der Waals surface area contributed by atoms with Gasteiger partial charge in [0.25, 0.3) is 0 Å². The van der Waals surface area contributed by atoms with Crippen molar-refractivity contribution in [1.82, 2.24) is 14.9 Å². The quantitative estimate of drug-likeness (QED) is 0.858. The molecule has 0 bridgehead atoms. The first kappa shape index (κ1) is 15.0. The lowest BCUT2D eigenvalue weighted by molar-refractivity contribution is 0.122. The monoisotopic (exact) mass is 279 g/mol. The summed E-state index contributed by atoms with van der Waals surface area (Å²) in [6.07, 6.45) is -0.267. The normalized spacial score (nSPS) is 18.1. The maximum atomic E-state index is 9.44. The number of anilines is 2. The van der Waals surface area contributed by atoms with Crippen LogP contribution in [0.25, 0.3) is 0 Å². The van der Waals surface area contributed by atoms with E-state index in [2.05, 4.69) is 19.8 Å². The van der Waals surface area contributed by atoms with Gasteiger partial charge in [-0.2, -0.15) is 4.98 Å². The number of aryl methyl sites for hydroxylation is 1. The Balaban J connectivity index is 2.03. The fraction of sp³-hybridized carbons (Fsp3) is 0.714. The van der Waals surface area contributed by atoms with Gasteiger partial charge in [0.1, 0.15) is 5.82 Å². The first-order valence-corrected chi connectivity index (χ1v) is 7.14. The zero-order valence-electron chi connectivity index (χ0n) is 12.9. The highest BCUT2D eigenvalue weighted by Crippen LogP contribution is 2.17. The van der Waals surface area contributed by atoms with Gasteiger partial charge in [-0.3, -0.25) is 4.90 Å². The maximum absolute atomic E-state index is 9.44. The molecule has 1 N–H and O–H groups in total. The van der Waals surface area contributed by atoms with Crippen molar-refractivity contribution < 1.29 is 5.11 Å². The Labute approximate surface area is 121 Å². The zero-order valence-corrected chi connectivity index (χ0v) is 12.9. The van der Waals surface area contributed by atoms with Crippen molar-refractivity contribution in [3.63, 3.8) is 0 Å². The lowest BCUT2D eigenvalue weighted by Gasteiger charge is -2.35. The van der Waals surface area contributed by atoms with Gasteiger partial charge in [0, 0.05) is 58.6 Å². The van der Waals surface area contributed by atoms with Crippen LogP contribution < -0.4 is 9.80 Å².